The maximum absolute atomic E-state index is 11.1. The van der Waals surface area contributed by atoms with E-state index in [1.807, 2.05) is 6.07 Å². The van der Waals surface area contributed by atoms with Crippen LogP contribution in [0.3, 0.4) is 0 Å². The Bertz CT molecular complexity index is 677. The summed E-state index contributed by atoms with van der Waals surface area (Å²) in [5.74, 6) is -0.577. The monoisotopic (exact) mass is 317 g/mol. The average Bonchev–Trinajstić information content (AvgIpc) is 2.39. The van der Waals surface area contributed by atoms with Gasteiger partial charge in [-0.15, -0.1) is 0 Å². The van der Waals surface area contributed by atoms with Crippen LogP contribution in [0, 0.1) is 11.3 Å². The summed E-state index contributed by atoms with van der Waals surface area (Å²) in [5, 5.41) is 18.1. The Balaban J connectivity index is 2.46. The van der Waals surface area contributed by atoms with Crippen LogP contribution in [0.25, 0.3) is 0 Å². The van der Waals surface area contributed by atoms with Gasteiger partial charge in [0.2, 0.25) is 0 Å². The number of ether oxygens (including phenoxy) is 1. The highest BCUT2D eigenvalue weighted by atomic mass is 79.9. The number of rotatable bonds is 3. The average molecular weight is 318 g/mol. The Morgan fingerprint density at radius 3 is 2.63 bits per heavy atom. The van der Waals surface area contributed by atoms with E-state index in [0.717, 1.165) is 0 Å². The number of halogens is 1. The molecule has 94 valence electrons. The third kappa shape index (κ3) is 2.92. The zero-order chi connectivity index (χ0) is 13.8. The SMILES string of the molecule is N#Cc1ccccc1Oc1cc(Br)ccc1C(=O)O. The van der Waals surface area contributed by atoms with Gasteiger partial charge in [-0.2, -0.15) is 5.26 Å². The first kappa shape index (κ1) is 13.1. The molecule has 1 N–H and O–H groups in total. The Morgan fingerprint density at radius 1 is 1.21 bits per heavy atom. The number of hydrogen-bond acceptors (Lipinski definition) is 3. The van der Waals surface area contributed by atoms with Gasteiger partial charge in [0.1, 0.15) is 23.1 Å². The molecule has 0 heterocycles. The zero-order valence-electron chi connectivity index (χ0n) is 9.63. The summed E-state index contributed by atoms with van der Waals surface area (Å²) in [6.07, 6.45) is 0. The van der Waals surface area contributed by atoms with Crippen LogP contribution in [0.1, 0.15) is 15.9 Å². The standard InChI is InChI=1S/C14H8BrNO3/c15-10-5-6-11(14(17)18)13(7-10)19-12-4-2-1-3-9(12)8-16/h1-7H,(H,17,18). The van der Waals surface area contributed by atoms with E-state index in [0.29, 0.717) is 15.8 Å². The molecule has 5 heteroatoms. The normalized spacial score (nSPS) is 9.68. The first-order valence-electron chi connectivity index (χ1n) is 5.31. The van der Waals surface area contributed by atoms with E-state index in [-0.39, 0.29) is 11.3 Å². The van der Waals surface area contributed by atoms with E-state index in [9.17, 15) is 4.79 Å². The predicted octanol–water partition coefficient (Wildman–Crippen LogP) is 3.81. The molecule has 4 nitrogen and oxygen atoms in total. The number of benzene rings is 2. The minimum atomic E-state index is -1.09. The van der Waals surface area contributed by atoms with Gasteiger partial charge in [-0.3, -0.25) is 0 Å². The molecular formula is C14H8BrNO3. The largest absolute Gasteiger partial charge is 0.478 e. The maximum atomic E-state index is 11.1. The number of carboxylic acids is 1. The molecule has 0 aliphatic rings. The number of carbonyl (C=O) groups is 1. The lowest BCUT2D eigenvalue weighted by Crippen LogP contribution is -2.00. The molecule has 0 saturated carbocycles. The Labute approximate surface area is 118 Å². The molecule has 0 saturated heterocycles. The number of hydrogen-bond donors (Lipinski definition) is 1. The Hall–Kier alpha value is -2.32. The molecule has 0 aliphatic carbocycles. The van der Waals surface area contributed by atoms with Crippen LogP contribution in [0.15, 0.2) is 46.9 Å². The zero-order valence-corrected chi connectivity index (χ0v) is 11.2. The molecule has 0 amide bonds. The number of para-hydroxylation sites is 1. The van der Waals surface area contributed by atoms with E-state index in [2.05, 4.69) is 15.9 Å². The van der Waals surface area contributed by atoms with Gasteiger partial charge in [-0.05, 0) is 30.3 Å². The van der Waals surface area contributed by atoms with Crippen molar-refractivity contribution >= 4 is 21.9 Å². The van der Waals surface area contributed by atoms with Gasteiger partial charge >= 0.3 is 5.97 Å². The molecule has 0 bridgehead atoms. The molecule has 2 aromatic carbocycles. The van der Waals surface area contributed by atoms with Crippen molar-refractivity contribution in [3.05, 3.63) is 58.1 Å². The van der Waals surface area contributed by atoms with E-state index in [4.69, 9.17) is 15.1 Å². The lowest BCUT2D eigenvalue weighted by molar-refractivity contribution is 0.0694. The molecule has 0 atom stereocenters. The second-order valence-corrected chi connectivity index (χ2v) is 4.57. The Morgan fingerprint density at radius 2 is 1.95 bits per heavy atom. The van der Waals surface area contributed by atoms with E-state index in [1.165, 1.54) is 6.07 Å². The second kappa shape index (κ2) is 5.55. The summed E-state index contributed by atoms with van der Waals surface area (Å²) >= 11 is 3.26. The van der Waals surface area contributed by atoms with E-state index < -0.39 is 5.97 Å². The van der Waals surface area contributed by atoms with Gasteiger partial charge in [0.05, 0.1) is 5.56 Å². The van der Waals surface area contributed by atoms with Crippen LogP contribution in [0.4, 0.5) is 0 Å². The van der Waals surface area contributed by atoms with Crippen molar-refractivity contribution in [3.63, 3.8) is 0 Å². The molecule has 0 aliphatic heterocycles. The van der Waals surface area contributed by atoms with Crippen LogP contribution < -0.4 is 4.74 Å². The highest BCUT2D eigenvalue weighted by molar-refractivity contribution is 9.10. The molecule has 0 aromatic heterocycles. The van der Waals surface area contributed by atoms with Gasteiger partial charge < -0.3 is 9.84 Å². The molecule has 0 spiro atoms. The number of nitrogens with zero attached hydrogens (tertiary/aromatic N) is 1. The van der Waals surface area contributed by atoms with Crippen LogP contribution >= 0.6 is 15.9 Å². The number of nitriles is 1. The summed E-state index contributed by atoms with van der Waals surface area (Å²) in [6.45, 7) is 0. The fourth-order valence-corrected chi connectivity index (χ4v) is 1.86. The van der Waals surface area contributed by atoms with Gasteiger partial charge in [0, 0.05) is 4.47 Å². The Kier molecular flexibility index (Phi) is 3.83. The molecule has 0 unspecified atom stereocenters. The molecule has 2 aromatic rings. The smallest absolute Gasteiger partial charge is 0.339 e. The van der Waals surface area contributed by atoms with Gasteiger partial charge in [0.15, 0.2) is 0 Å². The van der Waals surface area contributed by atoms with E-state index >= 15 is 0 Å². The molecule has 19 heavy (non-hydrogen) atoms. The van der Waals surface area contributed by atoms with Crippen molar-refractivity contribution in [3.8, 4) is 17.6 Å². The van der Waals surface area contributed by atoms with Crippen molar-refractivity contribution < 1.29 is 14.6 Å². The summed E-state index contributed by atoms with van der Waals surface area (Å²) in [5.41, 5.74) is 0.384. The number of carboxylic acid groups (broad SMARTS) is 1. The van der Waals surface area contributed by atoms with Crippen LogP contribution in [0.5, 0.6) is 11.5 Å². The minimum Gasteiger partial charge on any atom is -0.478 e. The van der Waals surface area contributed by atoms with Gasteiger partial charge in [-0.25, -0.2) is 4.79 Å². The molecule has 2 rings (SSSR count). The number of aromatic carboxylic acids is 1. The van der Waals surface area contributed by atoms with Crippen LogP contribution in [-0.4, -0.2) is 11.1 Å². The maximum Gasteiger partial charge on any atom is 0.339 e. The topological polar surface area (TPSA) is 70.3 Å². The van der Waals surface area contributed by atoms with Crippen molar-refractivity contribution in [2.45, 2.75) is 0 Å². The van der Waals surface area contributed by atoms with Crippen LogP contribution in [-0.2, 0) is 0 Å². The van der Waals surface area contributed by atoms with Gasteiger partial charge in [0.25, 0.3) is 0 Å². The highest BCUT2D eigenvalue weighted by Gasteiger charge is 2.13. The fourth-order valence-electron chi connectivity index (χ4n) is 1.52. The first-order valence-corrected chi connectivity index (χ1v) is 6.11. The minimum absolute atomic E-state index is 0.0379. The van der Waals surface area contributed by atoms with Crippen molar-refractivity contribution in [2.75, 3.05) is 0 Å². The lowest BCUT2D eigenvalue weighted by atomic mass is 10.2. The van der Waals surface area contributed by atoms with Crippen molar-refractivity contribution in [1.29, 1.82) is 5.26 Å². The van der Waals surface area contributed by atoms with E-state index in [1.54, 1.807) is 36.4 Å². The summed E-state index contributed by atoms with van der Waals surface area (Å²) < 4.78 is 6.24. The fraction of sp³-hybridized carbons (Fsp3) is 0. The van der Waals surface area contributed by atoms with Gasteiger partial charge in [-0.1, -0.05) is 28.1 Å². The highest BCUT2D eigenvalue weighted by Crippen LogP contribution is 2.30. The predicted molar refractivity (Wildman–Crippen MR) is 72.3 cm³/mol. The first-order chi connectivity index (χ1) is 9.11. The second-order valence-electron chi connectivity index (χ2n) is 3.66. The van der Waals surface area contributed by atoms with Crippen molar-refractivity contribution in [1.82, 2.24) is 0 Å². The molecule has 0 radical (unpaired) electrons. The lowest BCUT2D eigenvalue weighted by Gasteiger charge is -2.10. The van der Waals surface area contributed by atoms with Crippen molar-refractivity contribution in [2.24, 2.45) is 0 Å². The molecular weight excluding hydrogens is 310 g/mol. The summed E-state index contributed by atoms with van der Waals surface area (Å²) in [4.78, 5) is 11.1. The third-order valence-electron chi connectivity index (χ3n) is 2.40. The quantitative estimate of drug-likeness (QED) is 0.934. The summed E-state index contributed by atoms with van der Waals surface area (Å²) in [6, 6.07) is 13.3. The molecule has 0 fully saturated rings. The van der Waals surface area contributed by atoms with Crippen LogP contribution in [0.2, 0.25) is 0 Å². The summed E-state index contributed by atoms with van der Waals surface area (Å²) in [7, 11) is 0. The third-order valence-corrected chi connectivity index (χ3v) is 2.89.